The van der Waals surface area contributed by atoms with Gasteiger partial charge in [0, 0.05) is 18.7 Å². The Balaban J connectivity index is 1.46. The Hall–Kier alpha value is -3.77. The van der Waals surface area contributed by atoms with Crippen molar-refractivity contribution in [2.24, 2.45) is 0 Å². The maximum atomic E-state index is 13.6. The predicted octanol–water partition coefficient (Wildman–Crippen LogP) is 5.18. The van der Waals surface area contributed by atoms with E-state index in [1.165, 1.54) is 5.56 Å². The van der Waals surface area contributed by atoms with Gasteiger partial charge in [-0.15, -0.1) is 0 Å². The highest BCUT2D eigenvalue weighted by molar-refractivity contribution is 5.87. The molecule has 0 amide bonds. The Morgan fingerprint density at radius 2 is 1.76 bits per heavy atom. The average Bonchev–Trinajstić information content (AvgIpc) is 2.88. The van der Waals surface area contributed by atoms with Gasteiger partial charge in [-0.1, -0.05) is 30.3 Å². The molecule has 34 heavy (non-hydrogen) atoms. The van der Waals surface area contributed by atoms with E-state index in [0.29, 0.717) is 41.3 Å². The van der Waals surface area contributed by atoms with E-state index in [1.54, 1.807) is 20.3 Å². The molecule has 174 valence electrons. The van der Waals surface area contributed by atoms with Crippen LogP contribution < -0.4 is 19.6 Å². The van der Waals surface area contributed by atoms with Crippen molar-refractivity contribution >= 4 is 11.0 Å². The standard InChI is InChI=1S/C28H27NO5/c1-18-26(21-6-4-5-7-24(21)32-3)27(30)22-12-13-25-23(28(22)34-18)16-29(17-33-25)15-14-19-8-10-20(31-2)11-9-19/h4-13H,14-17H2,1-3H3. The smallest absolute Gasteiger partial charge is 0.200 e. The molecule has 1 aliphatic rings. The molecule has 0 saturated heterocycles. The molecule has 6 heteroatoms. The summed E-state index contributed by atoms with van der Waals surface area (Å²) in [5.41, 5.74) is 3.92. The second-order valence-corrected chi connectivity index (χ2v) is 8.41. The Bertz CT molecular complexity index is 1390. The van der Waals surface area contributed by atoms with Gasteiger partial charge in [-0.3, -0.25) is 9.69 Å². The van der Waals surface area contributed by atoms with Crippen LogP contribution in [0, 0.1) is 6.92 Å². The van der Waals surface area contributed by atoms with Crippen molar-refractivity contribution in [1.29, 1.82) is 0 Å². The van der Waals surface area contributed by atoms with Crippen LogP contribution in [-0.4, -0.2) is 32.4 Å². The summed E-state index contributed by atoms with van der Waals surface area (Å²) in [6.07, 6.45) is 0.883. The number of hydrogen-bond acceptors (Lipinski definition) is 6. The molecule has 0 saturated carbocycles. The Labute approximate surface area is 198 Å². The molecule has 1 aliphatic heterocycles. The Kier molecular flexibility index (Phi) is 5.99. The third-order valence-corrected chi connectivity index (χ3v) is 6.33. The van der Waals surface area contributed by atoms with Crippen LogP contribution in [0.2, 0.25) is 0 Å². The first-order chi connectivity index (χ1) is 16.6. The summed E-state index contributed by atoms with van der Waals surface area (Å²) in [5.74, 6) is 2.82. The van der Waals surface area contributed by atoms with E-state index in [-0.39, 0.29) is 5.43 Å². The highest BCUT2D eigenvalue weighted by Gasteiger charge is 2.24. The molecular weight excluding hydrogens is 430 g/mol. The number of ether oxygens (including phenoxy) is 3. The van der Waals surface area contributed by atoms with Crippen LogP contribution in [0.4, 0.5) is 0 Å². The van der Waals surface area contributed by atoms with Crippen molar-refractivity contribution in [3.63, 3.8) is 0 Å². The van der Waals surface area contributed by atoms with Gasteiger partial charge in [-0.2, -0.15) is 0 Å². The monoisotopic (exact) mass is 457 g/mol. The molecule has 0 fully saturated rings. The second kappa shape index (κ2) is 9.23. The van der Waals surface area contributed by atoms with Crippen molar-refractivity contribution in [3.05, 3.63) is 87.8 Å². The fraction of sp³-hybridized carbons (Fsp3) is 0.250. The summed E-state index contributed by atoms with van der Waals surface area (Å²) >= 11 is 0. The molecule has 0 radical (unpaired) electrons. The van der Waals surface area contributed by atoms with Gasteiger partial charge < -0.3 is 18.6 Å². The lowest BCUT2D eigenvalue weighted by Crippen LogP contribution is -2.33. The summed E-state index contributed by atoms with van der Waals surface area (Å²) in [6.45, 7) is 3.80. The zero-order chi connectivity index (χ0) is 23.7. The van der Waals surface area contributed by atoms with E-state index in [4.69, 9.17) is 18.6 Å². The van der Waals surface area contributed by atoms with E-state index < -0.39 is 0 Å². The largest absolute Gasteiger partial charge is 0.497 e. The molecule has 1 aromatic heterocycles. The first kappa shape index (κ1) is 22.0. The van der Waals surface area contributed by atoms with Crippen molar-refractivity contribution in [3.8, 4) is 28.4 Å². The van der Waals surface area contributed by atoms with Crippen LogP contribution in [0.3, 0.4) is 0 Å². The number of benzene rings is 3. The highest BCUT2D eigenvalue weighted by atomic mass is 16.5. The summed E-state index contributed by atoms with van der Waals surface area (Å²) in [7, 11) is 3.27. The first-order valence-electron chi connectivity index (χ1n) is 11.3. The number of rotatable bonds is 6. The maximum absolute atomic E-state index is 13.6. The summed E-state index contributed by atoms with van der Waals surface area (Å²) in [4.78, 5) is 15.8. The fourth-order valence-electron chi connectivity index (χ4n) is 4.50. The van der Waals surface area contributed by atoms with Gasteiger partial charge in [0.25, 0.3) is 0 Å². The Morgan fingerprint density at radius 1 is 0.971 bits per heavy atom. The highest BCUT2D eigenvalue weighted by Crippen LogP contribution is 2.36. The zero-order valence-electron chi connectivity index (χ0n) is 19.6. The van der Waals surface area contributed by atoms with E-state index >= 15 is 0 Å². The summed E-state index contributed by atoms with van der Waals surface area (Å²) < 4.78 is 23.0. The van der Waals surface area contributed by atoms with Crippen molar-refractivity contribution < 1.29 is 18.6 Å². The quantitative estimate of drug-likeness (QED) is 0.398. The first-order valence-corrected chi connectivity index (χ1v) is 11.3. The number of nitrogens with zero attached hydrogens (tertiary/aromatic N) is 1. The fourth-order valence-corrected chi connectivity index (χ4v) is 4.50. The van der Waals surface area contributed by atoms with Gasteiger partial charge >= 0.3 is 0 Å². The van der Waals surface area contributed by atoms with Crippen LogP contribution in [0.1, 0.15) is 16.9 Å². The normalized spacial score (nSPS) is 13.4. The van der Waals surface area contributed by atoms with E-state index in [9.17, 15) is 4.79 Å². The molecule has 0 N–H and O–H groups in total. The average molecular weight is 458 g/mol. The van der Waals surface area contributed by atoms with Gasteiger partial charge in [-0.25, -0.2) is 0 Å². The lowest BCUT2D eigenvalue weighted by Gasteiger charge is -2.29. The number of fused-ring (bicyclic) bond motifs is 3. The van der Waals surface area contributed by atoms with E-state index in [1.807, 2.05) is 49.4 Å². The van der Waals surface area contributed by atoms with Crippen molar-refractivity contribution in [2.45, 2.75) is 19.9 Å². The van der Waals surface area contributed by atoms with Crippen LogP contribution >= 0.6 is 0 Å². The summed E-state index contributed by atoms with van der Waals surface area (Å²) in [6, 6.07) is 19.3. The van der Waals surface area contributed by atoms with Gasteiger partial charge in [0.1, 0.15) is 35.3 Å². The number of aryl methyl sites for hydroxylation is 1. The van der Waals surface area contributed by atoms with Crippen LogP contribution in [-0.2, 0) is 13.0 Å². The third kappa shape index (κ3) is 4.01. The Morgan fingerprint density at radius 3 is 2.53 bits per heavy atom. The molecule has 6 nitrogen and oxygen atoms in total. The van der Waals surface area contributed by atoms with E-state index in [0.717, 1.165) is 35.6 Å². The van der Waals surface area contributed by atoms with Crippen LogP contribution in [0.5, 0.6) is 17.2 Å². The molecule has 5 rings (SSSR count). The molecular formula is C28H27NO5. The minimum atomic E-state index is -0.0681. The molecule has 0 bridgehead atoms. The minimum absolute atomic E-state index is 0.0681. The van der Waals surface area contributed by atoms with Gasteiger partial charge in [-0.05, 0) is 49.2 Å². The van der Waals surface area contributed by atoms with Gasteiger partial charge in [0.15, 0.2) is 0 Å². The van der Waals surface area contributed by atoms with Gasteiger partial charge in [0.05, 0.1) is 30.7 Å². The number of methoxy groups -OCH3 is 2. The molecule has 0 spiro atoms. The number of hydrogen-bond donors (Lipinski definition) is 0. The molecule has 0 aliphatic carbocycles. The van der Waals surface area contributed by atoms with Crippen LogP contribution in [0.25, 0.3) is 22.1 Å². The van der Waals surface area contributed by atoms with Crippen LogP contribution in [0.15, 0.2) is 69.9 Å². The zero-order valence-corrected chi connectivity index (χ0v) is 19.6. The molecule has 4 aromatic rings. The lowest BCUT2D eigenvalue weighted by atomic mass is 9.99. The molecule has 0 unspecified atom stereocenters. The van der Waals surface area contributed by atoms with Crippen molar-refractivity contribution in [1.82, 2.24) is 4.90 Å². The molecule has 2 heterocycles. The third-order valence-electron chi connectivity index (χ3n) is 6.33. The summed E-state index contributed by atoms with van der Waals surface area (Å²) in [5, 5.41) is 0.547. The lowest BCUT2D eigenvalue weighted by molar-refractivity contribution is 0.0968. The van der Waals surface area contributed by atoms with E-state index in [2.05, 4.69) is 17.0 Å². The maximum Gasteiger partial charge on any atom is 0.200 e. The molecule has 0 atom stereocenters. The molecule has 3 aromatic carbocycles. The second-order valence-electron chi connectivity index (χ2n) is 8.41. The minimum Gasteiger partial charge on any atom is -0.497 e. The van der Waals surface area contributed by atoms with Crippen molar-refractivity contribution in [2.75, 3.05) is 27.5 Å². The number of para-hydroxylation sites is 1. The predicted molar refractivity (Wildman–Crippen MR) is 132 cm³/mol. The van der Waals surface area contributed by atoms with Gasteiger partial charge in [0.2, 0.25) is 5.43 Å². The SMILES string of the molecule is COc1ccc(CCN2COc3ccc4c(=O)c(-c5ccccc5OC)c(C)oc4c3C2)cc1. The topological polar surface area (TPSA) is 61.1 Å².